The van der Waals surface area contributed by atoms with Crippen molar-refractivity contribution in [2.24, 2.45) is 12.5 Å². The van der Waals surface area contributed by atoms with Crippen molar-refractivity contribution < 1.29 is 9.13 Å². The van der Waals surface area contributed by atoms with E-state index in [1.165, 1.54) is 31.7 Å². The number of fused-ring (bicyclic) bond motifs is 1. The number of imidazole rings is 1. The molecule has 1 spiro atoms. The number of hydrogen-bond donors (Lipinski definition) is 0. The summed E-state index contributed by atoms with van der Waals surface area (Å²) in [6.45, 7) is 3.44. The van der Waals surface area contributed by atoms with Crippen molar-refractivity contribution in [3.8, 4) is 0 Å². The Morgan fingerprint density at radius 1 is 1.27 bits per heavy atom. The molecule has 2 heterocycles. The van der Waals surface area contributed by atoms with Gasteiger partial charge in [-0.25, -0.2) is 9.37 Å². The first-order valence-corrected chi connectivity index (χ1v) is 8.12. The molecule has 4 rings (SSSR count). The molecule has 2 aliphatic rings. The quantitative estimate of drug-likeness (QED) is 0.811. The average Bonchev–Trinajstić information content (AvgIpc) is 3.01. The Balaban J connectivity index is 1.72. The monoisotopic (exact) mass is 303 g/mol. The van der Waals surface area contributed by atoms with Crippen molar-refractivity contribution in [2.45, 2.75) is 25.7 Å². The van der Waals surface area contributed by atoms with E-state index in [4.69, 9.17) is 9.72 Å². The molecule has 0 N–H and O–H groups in total. The molecule has 1 aromatic carbocycles. The van der Waals surface area contributed by atoms with E-state index in [1.807, 2.05) is 11.6 Å². The summed E-state index contributed by atoms with van der Waals surface area (Å²) >= 11 is 0. The van der Waals surface area contributed by atoms with Gasteiger partial charge in [0, 0.05) is 25.6 Å². The van der Waals surface area contributed by atoms with Gasteiger partial charge in [0.1, 0.15) is 5.82 Å². The number of benzene rings is 1. The van der Waals surface area contributed by atoms with Gasteiger partial charge in [-0.3, -0.25) is 0 Å². The van der Waals surface area contributed by atoms with Crippen LogP contribution >= 0.6 is 0 Å². The van der Waals surface area contributed by atoms with Crippen LogP contribution in [0.5, 0.6) is 0 Å². The molecule has 5 heteroatoms. The standard InChI is InChI=1S/C17H22FN3O/c1-20-15-10-13(18)4-5-14(15)19-16(20)21-8-9-22-12-17(11-21)6-2-3-7-17/h4-5,10H,2-3,6-9,11-12H2,1H3. The van der Waals surface area contributed by atoms with Crippen LogP contribution in [0, 0.1) is 11.2 Å². The van der Waals surface area contributed by atoms with E-state index in [0.717, 1.165) is 43.3 Å². The van der Waals surface area contributed by atoms with Crippen molar-refractivity contribution in [3.05, 3.63) is 24.0 Å². The molecule has 1 aliphatic carbocycles. The molecule has 1 aliphatic heterocycles. The van der Waals surface area contributed by atoms with Crippen molar-refractivity contribution in [1.82, 2.24) is 9.55 Å². The van der Waals surface area contributed by atoms with Gasteiger partial charge in [0.25, 0.3) is 0 Å². The fraction of sp³-hybridized carbons (Fsp3) is 0.588. The van der Waals surface area contributed by atoms with Crippen molar-refractivity contribution in [2.75, 3.05) is 31.2 Å². The van der Waals surface area contributed by atoms with Crippen LogP contribution in [0.4, 0.5) is 10.3 Å². The van der Waals surface area contributed by atoms with Crippen LogP contribution in [0.25, 0.3) is 11.0 Å². The lowest BCUT2D eigenvalue weighted by Gasteiger charge is -2.32. The Labute approximate surface area is 129 Å². The zero-order valence-corrected chi connectivity index (χ0v) is 13.0. The third-order valence-electron chi connectivity index (χ3n) is 5.21. The number of anilines is 1. The molecule has 1 saturated heterocycles. The molecular formula is C17H22FN3O. The maximum absolute atomic E-state index is 13.5. The highest BCUT2D eigenvalue weighted by Crippen LogP contribution is 2.41. The fourth-order valence-electron chi connectivity index (χ4n) is 4.02. The maximum atomic E-state index is 13.5. The highest BCUT2D eigenvalue weighted by molar-refractivity contribution is 5.78. The number of aromatic nitrogens is 2. The fourth-order valence-corrected chi connectivity index (χ4v) is 4.02. The van der Waals surface area contributed by atoms with Gasteiger partial charge in [-0.15, -0.1) is 0 Å². The highest BCUT2D eigenvalue weighted by Gasteiger charge is 2.38. The molecule has 22 heavy (non-hydrogen) atoms. The molecule has 118 valence electrons. The lowest BCUT2D eigenvalue weighted by molar-refractivity contribution is 0.0733. The first-order valence-electron chi connectivity index (χ1n) is 8.12. The van der Waals surface area contributed by atoms with Gasteiger partial charge in [0.15, 0.2) is 0 Å². The smallest absolute Gasteiger partial charge is 0.206 e. The van der Waals surface area contributed by atoms with Crippen LogP contribution in [0.1, 0.15) is 25.7 Å². The van der Waals surface area contributed by atoms with E-state index in [2.05, 4.69) is 4.90 Å². The second kappa shape index (κ2) is 5.23. The first-order chi connectivity index (χ1) is 10.7. The van der Waals surface area contributed by atoms with Crippen LogP contribution in [0.3, 0.4) is 0 Å². The van der Waals surface area contributed by atoms with Crippen LogP contribution in [0.2, 0.25) is 0 Å². The Morgan fingerprint density at radius 2 is 2.09 bits per heavy atom. The lowest BCUT2D eigenvalue weighted by atomic mass is 9.87. The molecule has 0 unspecified atom stereocenters. The number of hydrogen-bond acceptors (Lipinski definition) is 3. The van der Waals surface area contributed by atoms with E-state index in [9.17, 15) is 4.39 Å². The highest BCUT2D eigenvalue weighted by atomic mass is 19.1. The largest absolute Gasteiger partial charge is 0.379 e. The van der Waals surface area contributed by atoms with Gasteiger partial charge in [0.2, 0.25) is 5.95 Å². The van der Waals surface area contributed by atoms with Gasteiger partial charge >= 0.3 is 0 Å². The molecule has 0 bridgehead atoms. The third kappa shape index (κ3) is 2.28. The van der Waals surface area contributed by atoms with Crippen LogP contribution in [0.15, 0.2) is 18.2 Å². The van der Waals surface area contributed by atoms with E-state index < -0.39 is 0 Å². The second-order valence-corrected chi connectivity index (χ2v) is 6.79. The van der Waals surface area contributed by atoms with E-state index in [0.29, 0.717) is 0 Å². The Kier molecular flexibility index (Phi) is 3.33. The molecule has 4 nitrogen and oxygen atoms in total. The number of rotatable bonds is 1. The molecule has 1 aromatic heterocycles. The summed E-state index contributed by atoms with van der Waals surface area (Å²) in [5.74, 6) is 0.714. The van der Waals surface area contributed by atoms with E-state index >= 15 is 0 Å². The summed E-state index contributed by atoms with van der Waals surface area (Å²) in [5, 5.41) is 0. The van der Waals surface area contributed by atoms with E-state index in [1.54, 1.807) is 12.1 Å². The summed E-state index contributed by atoms with van der Waals surface area (Å²) in [7, 11) is 1.97. The Hall–Kier alpha value is -1.62. The minimum atomic E-state index is -0.214. The number of nitrogens with zero attached hydrogens (tertiary/aromatic N) is 3. The summed E-state index contributed by atoms with van der Waals surface area (Å²) in [5.41, 5.74) is 1.98. The van der Waals surface area contributed by atoms with Gasteiger partial charge in [-0.2, -0.15) is 0 Å². The maximum Gasteiger partial charge on any atom is 0.206 e. The summed E-state index contributed by atoms with van der Waals surface area (Å²) in [6, 6.07) is 4.79. The molecular weight excluding hydrogens is 281 g/mol. The molecule has 2 aromatic rings. The zero-order valence-electron chi connectivity index (χ0n) is 13.0. The zero-order chi connectivity index (χ0) is 15.2. The lowest BCUT2D eigenvalue weighted by Crippen LogP contribution is -2.38. The van der Waals surface area contributed by atoms with Gasteiger partial charge < -0.3 is 14.2 Å². The molecule has 0 amide bonds. The number of aryl methyl sites for hydroxylation is 1. The molecule has 1 saturated carbocycles. The number of ether oxygens (including phenoxy) is 1. The third-order valence-corrected chi connectivity index (χ3v) is 5.21. The molecule has 2 fully saturated rings. The molecule has 0 radical (unpaired) electrons. The normalized spacial score (nSPS) is 21.6. The summed E-state index contributed by atoms with van der Waals surface area (Å²) in [6.07, 6.45) is 5.07. The topological polar surface area (TPSA) is 30.3 Å². The van der Waals surface area contributed by atoms with Crippen molar-refractivity contribution in [1.29, 1.82) is 0 Å². The van der Waals surface area contributed by atoms with Gasteiger partial charge in [-0.1, -0.05) is 12.8 Å². The predicted molar refractivity (Wildman–Crippen MR) is 84.6 cm³/mol. The average molecular weight is 303 g/mol. The van der Waals surface area contributed by atoms with Crippen LogP contribution in [-0.2, 0) is 11.8 Å². The summed E-state index contributed by atoms with van der Waals surface area (Å²) < 4.78 is 21.4. The SMILES string of the molecule is Cn1c(N2CCOCC3(CCCC3)C2)nc2ccc(F)cc21. The van der Waals surface area contributed by atoms with Gasteiger partial charge in [-0.05, 0) is 31.0 Å². The summed E-state index contributed by atoms with van der Waals surface area (Å²) in [4.78, 5) is 7.07. The number of halogens is 1. The minimum absolute atomic E-state index is 0.214. The second-order valence-electron chi connectivity index (χ2n) is 6.79. The van der Waals surface area contributed by atoms with Gasteiger partial charge in [0.05, 0.1) is 24.2 Å². The Bertz CT molecular complexity index is 691. The first kappa shape index (κ1) is 14.0. The minimum Gasteiger partial charge on any atom is -0.379 e. The van der Waals surface area contributed by atoms with Crippen LogP contribution in [-0.4, -0.2) is 35.9 Å². The van der Waals surface area contributed by atoms with Crippen molar-refractivity contribution in [3.63, 3.8) is 0 Å². The van der Waals surface area contributed by atoms with E-state index in [-0.39, 0.29) is 11.2 Å². The van der Waals surface area contributed by atoms with Crippen molar-refractivity contribution >= 4 is 17.0 Å². The predicted octanol–water partition coefficient (Wildman–Crippen LogP) is 3.11. The molecule has 0 atom stereocenters. The van der Waals surface area contributed by atoms with Crippen LogP contribution < -0.4 is 4.90 Å². The Morgan fingerprint density at radius 3 is 2.91 bits per heavy atom.